The minimum Gasteiger partial charge on any atom is -0.489 e. The van der Waals surface area contributed by atoms with E-state index >= 15 is 0 Å². The second kappa shape index (κ2) is 11.0. The Hall–Kier alpha value is -4.91. The summed E-state index contributed by atoms with van der Waals surface area (Å²) in [6.45, 7) is 1.01. The highest BCUT2D eigenvalue weighted by molar-refractivity contribution is 5.93. The van der Waals surface area contributed by atoms with Crippen LogP contribution in [-0.2, 0) is 19.8 Å². The number of carboxylic acids is 1. The van der Waals surface area contributed by atoms with Crippen molar-refractivity contribution >= 4 is 16.9 Å². The number of hydrogen-bond donors (Lipinski definition) is 1. The van der Waals surface area contributed by atoms with Crippen LogP contribution in [0.2, 0.25) is 0 Å². The number of nitrogens with zero attached hydrogens (tertiary/aromatic N) is 1. The van der Waals surface area contributed by atoms with Crippen LogP contribution in [0.3, 0.4) is 0 Å². The third-order valence-electron chi connectivity index (χ3n) is 6.13. The Morgan fingerprint density at radius 3 is 2.05 bits per heavy atom. The Balaban J connectivity index is 1.33. The molecule has 0 aliphatic heterocycles. The number of benzene rings is 4. The van der Waals surface area contributed by atoms with Crippen LogP contribution in [0.25, 0.3) is 10.9 Å². The van der Waals surface area contributed by atoms with Gasteiger partial charge in [0.2, 0.25) is 5.43 Å². The van der Waals surface area contributed by atoms with E-state index in [0.29, 0.717) is 17.9 Å². The van der Waals surface area contributed by atoms with Gasteiger partial charge in [0.05, 0.1) is 10.9 Å². The van der Waals surface area contributed by atoms with Gasteiger partial charge in [-0.05, 0) is 59.2 Å². The second-order valence-electron chi connectivity index (χ2n) is 8.82. The predicted molar refractivity (Wildman–Crippen MR) is 142 cm³/mol. The van der Waals surface area contributed by atoms with E-state index < -0.39 is 11.4 Å². The number of carbonyl (C=O) groups is 1. The van der Waals surface area contributed by atoms with Crippen LogP contribution < -0.4 is 14.9 Å². The Labute approximate surface area is 218 Å². The van der Waals surface area contributed by atoms with E-state index in [4.69, 9.17) is 9.47 Å². The quantitative estimate of drug-likeness (QED) is 0.262. The fraction of sp³-hybridized carbons (Fsp3) is 0.0968. The number of fused-ring (bicyclic) bond motifs is 1. The zero-order chi connectivity index (χ0) is 26.5. The van der Waals surface area contributed by atoms with Crippen molar-refractivity contribution in [2.45, 2.75) is 19.8 Å². The molecule has 190 valence electrons. The smallest absolute Gasteiger partial charge is 0.341 e. The molecule has 0 aliphatic carbocycles. The molecule has 0 bridgehead atoms. The zero-order valence-corrected chi connectivity index (χ0v) is 20.3. The lowest BCUT2D eigenvalue weighted by molar-refractivity contribution is 0.0695. The molecular weight excluding hydrogens is 485 g/mol. The number of aromatic nitrogens is 1. The van der Waals surface area contributed by atoms with Gasteiger partial charge in [0.15, 0.2) is 0 Å². The lowest BCUT2D eigenvalue weighted by Crippen LogP contribution is -2.19. The average Bonchev–Trinajstić information content (AvgIpc) is 2.94. The lowest BCUT2D eigenvalue weighted by Gasteiger charge is -2.14. The average molecular weight is 510 g/mol. The van der Waals surface area contributed by atoms with Crippen LogP contribution in [0.1, 0.15) is 27.0 Å². The standard InChI is InChI=1S/C31H24FNO5/c32-24-10-6-21(7-11-24)17-33-18-28(31(35)36)30(34)27-16-26(14-15-29(27)33)38-20-23-8-12-25(13-9-23)37-19-22-4-2-1-3-5-22/h1-16,18H,17,19-20H2,(H,35,36). The van der Waals surface area contributed by atoms with Gasteiger partial charge in [-0.15, -0.1) is 0 Å². The number of ether oxygens (including phenoxy) is 2. The molecule has 0 aliphatic rings. The summed E-state index contributed by atoms with van der Waals surface area (Å²) in [6, 6.07) is 28.4. The van der Waals surface area contributed by atoms with Gasteiger partial charge in [-0.2, -0.15) is 0 Å². The van der Waals surface area contributed by atoms with E-state index in [2.05, 4.69) is 0 Å². The molecule has 0 atom stereocenters. The molecule has 0 saturated carbocycles. The van der Waals surface area contributed by atoms with E-state index in [1.165, 1.54) is 18.3 Å². The Morgan fingerprint density at radius 2 is 1.37 bits per heavy atom. The van der Waals surface area contributed by atoms with Crippen molar-refractivity contribution in [2.24, 2.45) is 0 Å². The number of pyridine rings is 1. The molecule has 1 N–H and O–H groups in total. The Kier molecular flexibility index (Phi) is 7.17. The summed E-state index contributed by atoms with van der Waals surface area (Å²) < 4.78 is 26.7. The van der Waals surface area contributed by atoms with Gasteiger partial charge < -0.3 is 19.1 Å². The van der Waals surface area contributed by atoms with Crippen molar-refractivity contribution in [3.63, 3.8) is 0 Å². The van der Waals surface area contributed by atoms with Crippen LogP contribution in [0.5, 0.6) is 11.5 Å². The topological polar surface area (TPSA) is 77.8 Å². The van der Waals surface area contributed by atoms with Crippen molar-refractivity contribution in [2.75, 3.05) is 0 Å². The van der Waals surface area contributed by atoms with Gasteiger partial charge >= 0.3 is 5.97 Å². The number of halogens is 1. The highest BCUT2D eigenvalue weighted by Gasteiger charge is 2.16. The molecule has 4 aromatic carbocycles. The summed E-state index contributed by atoms with van der Waals surface area (Å²) in [7, 11) is 0. The molecule has 0 saturated heterocycles. The minimum atomic E-state index is -1.31. The molecule has 7 heteroatoms. The summed E-state index contributed by atoms with van der Waals surface area (Å²) in [5.74, 6) is -0.493. The largest absolute Gasteiger partial charge is 0.489 e. The van der Waals surface area contributed by atoms with Gasteiger partial charge in [0, 0.05) is 12.7 Å². The first-order valence-electron chi connectivity index (χ1n) is 12.0. The number of hydrogen-bond acceptors (Lipinski definition) is 4. The third kappa shape index (κ3) is 5.73. The maximum Gasteiger partial charge on any atom is 0.341 e. The highest BCUT2D eigenvalue weighted by atomic mass is 19.1. The molecule has 0 spiro atoms. The molecule has 38 heavy (non-hydrogen) atoms. The predicted octanol–water partition coefficient (Wildman–Crippen LogP) is 6.05. The summed E-state index contributed by atoms with van der Waals surface area (Å²) in [5, 5.41) is 9.83. The van der Waals surface area contributed by atoms with Gasteiger partial charge in [0.25, 0.3) is 0 Å². The SMILES string of the molecule is O=C(O)c1cn(Cc2ccc(F)cc2)c2ccc(OCc3ccc(OCc4ccccc4)cc3)cc2c1=O. The molecule has 6 nitrogen and oxygen atoms in total. The molecule has 0 fully saturated rings. The molecule has 0 unspecified atom stereocenters. The van der Waals surface area contributed by atoms with Crippen molar-refractivity contribution < 1.29 is 23.8 Å². The first kappa shape index (κ1) is 24.8. The molecule has 1 heterocycles. The maximum atomic E-state index is 13.3. The first-order chi connectivity index (χ1) is 18.5. The van der Waals surface area contributed by atoms with Gasteiger partial charge in [-0.25, -0.2) is 9.18 Å². The summed E-state index contributed by atoms with van der Waals surface area (Å²) in [4.78, 5) is 24.7. The number of carboxylic acid groups (broad SMARTS) is 1. The molecule has 5 aromatic rings. The van der Waals surface area contributed by atoms with Crippen LogP contribution in [-0.4, -0.2) is 15.6 Å². The zero-order valence-electron chi connectivity index (χ0n) is 20.3. The van der Waals surface area contributed by atoms with E-state index in [-0.39, 0.29) is 29.9 Å². The van der Waals surface area contributed by atoms with E-state index in [9.17, 15) is 19.1 Å². The van der Waals surface area contributed by atoms with Crippen molar-refractivity contribution in [1.82, 2.24) is 4.57 Å². The summed E-state index contributed by atoms with van der Waals surface area (Å²) >= 11 is 0. The van der Waals surface area contributed by atoms with Gasteiger partial charge in [0.1, 0.15) is 36.1 Å². The van der Waals surface area contributed by atoms with Crippen LogP contribution >= 0.6 is 0 Å². The molecule has 0 radical (unpaired) electrons. The first-order valence-corrected chi connectivity index (χ1v) is 12.0. The summed E-state index contributed by atoms with van der Waals surface area (Å²) in [6.07, 6.45) is 1.32. The molecule has 0 amide bonds. The minimum absolute atomic E-state index is 0.231. The number of rotatable bonds is 9. The van der Waals surface area contributed by atoms with Crippen molar-refractivity contribution in [1.29, 1.82) is 0 Å². The fourth-order valence-corrected chi connectivity index (χ4v) is 4.13. The normalized spacial score (nSPS) is 10.9. The lowest BCUT2D eigenvalue weighted by atomic mass is 10.1. The van der Waals surface area contributed by atoms with Gasteiger partial charge in [-0.1, -0.05) is 54.6 Å². The second-order valence-corrected chi connectivity index (χ2v) is 8.82. The molecular formula is C31H24FNO5. The van der Waals surface area contributed by atoms with E-state index in [0.717, 1.165) is 22.4 Å². The van der Waals surface area contributed by atoms with E-state index in [1.807, 2.05) is 54.6 Å². The van der Waals surface area contributed by atoms with Crippen LogP contribution in [0.15, 0.2) is 108 Å². The fourth-order valence-electron chi connectivity index (χ4n) is 4.13. The summed E-state index contributed by atoms with van der Waals surface area (Å²) in [5.41, 5.74) is 2.38. The molecule has 5 rings (SSSR count). The van der Waals surface area contributed by atoms with Crippen LogP contribution in [0.4, 0.5) is 4.39 Å². The Morgan fingerprint density at radius 1 is 0.763 bits per heavy atom. The third-order valence-corrected chi connectivity index (χ3v) is 6.13. The van der Waals surface area contributed by atoms with Crippen molar-refractivity contribution in [3.8, 4) is 11.5 Å². The van der Waals surface area contributed by atoms with Gasteiger partial charge in [-0.3, -0.25) is 4.79 Å². The number of aromatic carboxylic acids is 1. The van der Waals surface area contributed by atoms with Crippen molar-refractivity contribution in [3.05, 3.63) is 142 Å². The molecule has 1 aromatic heterocycles. The Bertz CT molecular complexity index is 1630. The maximum absolute atomic E-state index is 13.3. The highest BCUT2D eigenvalue weighted by Crippen LogP contribution is 2.22. The monoisotopic (exact) mass is 509 g/mol. The van der Waals surface area contributed by atoms with Crippen LogP contribution in [0, 0.1) is 5.82 Å². The van der Waals surface area contributed by atoms with E-state index in [1.54, 1.807) is 34.9 Å².